The van der Waals surface area contributed by atoms with Crippen molar-refractivity contribution in [3.05, 3.63) is 42.1 Å². The number of alkyl halides is 1. The number of fused-ring (bicyclic) bond motifs is 1. The maximum Gasteiger partial charge on any atom is 0.128 e. The topological polar surface area (TPSA) is 34.0 Å². The van der Waals surface area contributed by atoms with E-state index in [1.54, 1.807) is 0 Å². The predicted octanol–water partition coefficient (Wildman–Crippen LogP) is 2.04. The van der Waals surface area contributed by atoms with E-state index in [-0.39, 0.29) is 0 Å². The van der Waals surface area contributed by atoms with Crippen LogP contribution >= 0.6 is 11.6 Å². The quantitative estimate of drug-likeness (QED) is 0.763. The molecule has 1 aliphatic rings. The summed E-state index contributed by atoms with van der Waals surface area (Å²) in [5.74, 6) is 2.60. The van der Waals surface area contributed by atoms with Crippen LogP contribution in [0.15, 0.2) is 30.7 Å². The number of anilines is 1. The van der Waals surface area contributed by atoms with Crippen molar-refractivity contribution in [3.8, 4) is 0 Å². The lowest BCUT2D eigenvalue weighted by Gasteiger charge is -2.28. The molecule has 2 aromatic heterocycles. The normalized spacial score (nSPS) is 14.8. The molecule has 0 aliphatic carbocycles. The molecule has 0 N–H and O–H groups in total. The van der Waals surface area contributed by atoms with E-state index >= 15 is 0 Å². The lowest BCUT2D eigenvalue weighted by Crippen LogP contribution is -2.34. The van der Waals surface area contributed by atoms with Crippen molar-refractivity contribution in [2.75, 3.05) is 11.4 Å². The molecule has 3 rings (SSSR count). The van der Waals surface area contributed by atoms with E-state index in [9.17, 15) is 0 Å². The number of nitrogens with zero attached hydrogens (tertiary/aromatic N) is 4. The zero-order valence-corrected chi connectivity index (χ0v) is 10.1. The van der Waals surface area contributed by atoms with Gasteiger partial charge in [0, 0.05) is 37.6 Å². The minimum Gasteiger partial charge on any atom is -0.347 e. The molecule has 17 heavy (non-hydrogen) atoms. The monoisotopic (exact) mass is 248 g/mol. The van der Waals surface area contributed by atoms with Crippen molar-refractivity contribution in [3.63, 3.8) is 0 Å². The summed E-state index contributed by atoms with van der Waals surface area (Å²) in [6.45, 7) is 2.76. The largest absolute Gasteiger partial charge is 0.347 e. The zero-order valence-electron chi connectivity index (χ0n) is 9.38. The third kappa shape index (κ3) is 2.00. The number of hydrogen-bond donors (Lipinski definition) is 0. The van der Waals surface area contributed by atoms with Crippen LogP contribution in [0.1, 0.15) is 11.4 Å². The average molecular weight is 249 g/mol. The third-order valence-electron chi connectivity index (χ3n) is 3.03. The summed E-state index contributed by atoms with van der Waals surface area (Å²) in [5, 5.41) is 0. The smallest absolute Gasteiger partial charge is 0.128 e. The Kier molecular flexibility index (Phi) is 2.73. The fourth-order valence-corrected chi connectivity index (χ4v) is 2.21. The second-order valence-corrected chi connectivity index (χ2v) is 4.38. The zero-order chi connectivity index (χ0) is 11.7. The first-order valence-electron chi connectivity index (χ1n) is 5.62. The molecule has 0 amide bonds. The van der Waals surface area contributed by atoms with E-state index in [1.807, 2.05) is 30.7 Å². The van der Waals surface area contributed by atoms with Crippen molar-refractivity contribution < 1.29 is 0 Å². The van der Waals surface area contributed by atoms with Crippen LogP contribution in [0, 0.1) is 0 Å². The van der Waals surface area contributed by atoms with Crippen molar-refractivity contribution in [1.82, 2.24) is 14.5 Å². The first kappa shape index (κ1) is 10.6. The van der Waals surface area contributed by atoms with E-state index in [4.69, 9.17) is 11.6 Å². The molecule has 0 spiro atoms. The number of pyridine rings is 1. The van der Waals surface area contributed by atoms with Gasteiger partial charge in [0.2, 0.25) is 0 Å². The van der Waals surface area contributed by atoms with Gasteiger partial charge in [-0.1, -0.05) is 6.07 Å². The van der Waals surface area contributed by atoms with Crippen molar-refractivity contribution >= 4 is 17.4 Å². The van der Waals surface area contributed by atoms with E-state index in [0.29, 0.717) is 5.88 Å². The molecule has 3 heterocycles. The number of hydrogen-bond acceptors (Lipinski definition) is 3. The summed E-state index contributed by atoms with van der Waals surface area (Å²) in [6.07, 6.45) is 5.71. The minimum atomic E-state index is 0.512. The summed E-state index contributed by atoms with van der Waals surface area (Å²) in [5.41, 5.74) is 1.05. The van der Waals surface area contributed by atoms with Crippen LogP contribution in [0.5, 0.6) is 0 Å². The van der Waals surface area contributed by atoms with Crippen LogP contribution in [0.3, 0.4) is 0 Å². The Morgan fingerprint density at radius 2 is 2.18 bits per heavy atom. The summed E-state index contributed by atoms with van der Waals surface area (Å²) >= 11 is 5.75. The van der Waals surface area contributed by atoms with Crippen LogP contribution in [-0.4, -0.2) is 21.1 Å². The first-order valence-corrected chi connectivity index (χ1v) is 6.16. The Labute approximate surface area is 105 Å². The summed E-state index contributed by atoms with van der Waals surface area (Å²) in [6, 6.07) is 4.05. The molecule has 1 aliphatic heterocycles. The lowest BCUT2D eigenvalue weighted by atomic mass is 10.3. The highest BCUT2D eigenvalue weighted by molar-refractivity contribution is 6.17. The van der Waals surface area contributed by atoms with Gasteiger partial charge in [0.15, 0.2) is 0 Å². The predicted molar refractivity (Wildman–Crippen MR) is 67.1 cm³/mol. The highest BCUT2D eigenvalue weighted by Gasteiger charge is 2.17. The van der Waals surface area contributed by atoms with Gasteiger partial charge < -0.3 is 9.47 Å². The molecule has 0 radical (unpaired) electrons. The molecule has 0 atom stereocenters. The fraction of sp³-hybridized carbons (Fsp3) is 0.333. The Balaban J connectivity index is 1.81. The summed E-state index contributed by atoms with van der Waals surface area (Å²) < 4.78 is 2.18. The summed E-state index contributed by atoms with van der Waals surface area (Å²) in [7, 11) is 0. The molecule has 0 unspecified atom stereocenters. The van der Waals surface area contributed by atoms with E-state index < -0.39 is 0 Å². The highest BCUT2D eigenvalue weighted by atomic mass is 35.5. The second-order valence-electron chi connectivity index (χ2n) is 4.12. The Hall–Kier alpha value is -1.55. The average Bonchev–Trinajstić information content (AvgIpc) is 2.86. The molecule has 88 valence electrons. The molecule has 0 fully saturated rings. The number of imidazole rings is 1. The molecule has 0 bridgehead atoms. The van der Waals surface area contributed by atoms with Crippen LogP contribution in [0.25, 0.3) is 0 Å². The highest BCUT2D eigenvalue weighted by Crippen LogP contribution is 2.18. The van der Waals surface area contributed by atoms with Crippen LogP contribution < -0.4 is 4.90 Å². The number of aromatic nitrogens is 3. The second kappa shape index (κ2) is 4.37. The standard InChI is InChI=1S/C12H13ClN4/c13-7-10-1-2-11(15-8-10)17-6-5-16-4-3-14-12(16)9-17/h1-4,8H,5-7,9H2. The van der Waals surface area contributed by atoms with E-state index in [2.05, 4.69) is 19.4 Å². The SMILES string of the molecule is ClCc1ccc(N2CCn3ccnc3C2)nc1. The summed E-state index contributed by atoms with van der Waals surface area (Å²) in [4.78, 5) is 11.0. The van der Waals surface area contributed by atoms with Gasteiger partial charge in [-0.15, -0.1) is 11.6 Å². The van der Waals surface area contributed by atoms with Gasteiger partial charge in [-0.25, -0.2) is 9.97 Å². The molecule has 2 aromatic rings. The van der Waals surface area contributed by atoms with Gasteiger partial charge in [-0.3, -0.25) is 0 Å². The maximum atomic E-state index is 5.75. The molecule has 5 heteroatoms. The van der Waals surface area contributed by atoms with Crippen molar-refractivity contribution in [1.29, 1.82) is 0 Å². The molecule has 0 aromatic carbocycles. The number of rotatable bonds is 2. The maximum absolute atomic E-state index is 5.75. The Morgan fingerprint density at radius 3 is 2.94 bits per heavy atom. The van der Waals surface area contributed by atoms with Crippen LogP contribution in [-0.2, 0) is 19.0 Å². The van der Waals surface area contributed by atoms with Crippen molar-refractivity contribution in [2.45, 2.75) is 19.0 Å². The lowest BCUT2D eigenvalue weighted by molar-refractivity contribution is 0.556. The van der Waals surface area contributed by atoms with Crippen molar-refractivity contribution in [2.24, 2.45) is 0 Å². The van der Waals surface area contributed by atoms with E-state index in [1.165, 1.54) is 0 Å². The molecular formula is C12H13ClN4. The van der Waals surface area contributed by atoms with Gasteiger partial charge in [-0.05, 0) is 11.6 Å². The Bertz CT molecular complexity index is 505. The molecule has 0 saturated heterocycles. The van der Waals surface area contributed by atoms with Gasteiger partial charge in [0.1, 0.15) is 11.6 Å². The van der Waals surface area contributed by atoms with Crippen LogP contribution in [0.2, 0.25) is 0 Å². The third-order valence-corrected chi connectivity index (χ3v) is 3.34. The van der Waals surface area contributed by atoms with E-state index in [0.717, 1.165) is 36.8 Å². The molecule has 0 saturated carbocycles. The van der Waals surface area contributed by atoms with Gasteiger partial charge in [0.05, 0.1) is 6.54 Å². The first-order chi connectivity index (χ1) is 8.36. The Morgan fingerprint density at radius 1 is 1.24 bits per heavy atom. The van der Waals surface area contributed by atoms with Gasteiger partial charge in [0.25, 0.3) is 0 Å². The molecular weight excluding hydrogens is 236 g/mol. The van der Waals surface area contributed by atoms with Gasteiger partial charge >= 0.3 is 0 Å². The minimum absolute atomic E-state index is 0.512. The molecule has 4 nitrogen and oxygen atoms in total. The number of halogens is 1. The van der Waals surface area contributed by atoms with Gasteiger partial charge in [-0.2, -0.15) is 0 Å². The van der Waals surface area contributed by atoms with Crippen LogP contribution in [0.4, 0.5) is 5.82 Å². The fourth-order valence-electron chi connectivity index (χ4n) is 2.05.